The average molecular weight is 543 g/mol. The van der Waals surface area contributed by atoms with Crippen molar-refractivity contribution in [1.29, 1.82) is 0 Å². The van der Waals surface area contributed by atoms with Crippen LogP contribution in [0.4, 0.5) is 22.7 Å². The number of aliphatic imine (C=N–C) groups is 2. The predicted octanol–water partition coefficient (Wildman–Crippen LogP) is 8.64. The molecule has 0 aliphatic carbocycles. The molecule has 0 N–H and O–H groups in total. The molecule has 0 saturated carbocycles. The van der Waals surface area contributed by atoms with Gasteiger partial charge in [-0.2, -0.15) is 0 Å². The molecule has 0 unspecified atom stereocenters. The molecule has 6 rings (SSSR count). The maximum absolute atomic E-state index is 8.00. The van der Waals surface area contributed by atoms with Gasteiger partial charge in [-0.15, -0.1) is 0 Å². The minimum atomic E-state index is 0.749. The maximum atomic E-state index is 8.00. The van der Waals surface area contributed by atoms with Crippen molar-refractivity contribution in [2.24, 2.45) is 9.98 Å². The average Bonchev–Trinajstić information content (AvgIpc) is 2.94. The van der Waals surface area contributed by atoms with E-state index in [2.05, 4.69) is 44.1 Å². The van der Waals surface area contributed by atoms with Crippen LogP contribution in [0.15, 0.2) is 107 Å². The Hall–Kier alpha value is -3.93. The van der Waals surface area contributed by atoms with Crippen LogP contribution in [0.2, 0.25) is 10.0 Å². The van der Waals surface area contributed by atoms with Gasteiger partial charge in [0.25, 0.3) is 0 Å². The highest BCUT2D eigenvalue weighted by Crippen LogP contribution is 2.31. The van der Waals surface area contributed by atoms with Crippen LogP contribution in [0.1, 0.15) is 25.0 Å². The molecule has 0 saturated heterocycles. The molecule has 0 bridgehead atoms. The molecule has 5 nitrogen and oxygen atoms in total. The minimum absolute atomic E-state index is 0.749. The van der Waals surface area contributed by atoms with E-state index in [0.717, 1.165) is 57.6 Å². The Labute approximate surface area is 233 Å². The van der Waals surface area contributed by atoms with E-state index in [9.17, 15) is 0 Å². The van der Waals surface area contributed by atoms with E-state index >= 15 is 0 Å². The Morgan fingerprint density at radius 2 is 1.00 bits per heavy atom. The normalized spacial score (nSPS) is 13.5. The molecule has 0 aromatic heterocycles. The first-order valence-electron chi connectivity index (χ1n) is 12.1. The molecule has 7 heteroatoms. The van der Waals surface area contributed by atoms with Crippen molar-refractivity contribution in [3.05, 3.63) is 118 Å². The van der Waals surface area contributed by atoms with Gasteiger partial charge in [-0.1, -0.05) is 71.7 Å². The topological polar surface area (TPSA) is 48.3 Å². The van der Waals surface area contributed by atoms with Gasteiger partial charge in [0.15, 0.2) is 0 Å². The summed E-state index contributed by atoms with van der Waals surface area (Å²) in [6.45, 7) is 7.73. The monoisotopic (exact) mass is 542 g/mol. The Balaban J connectivity index is 0.000000166. The Bertz CT molecular complexity index is 1370. The zero-order chi connectivity index (χ0) is 27.1. The van der Waals surface area contributed by atoms with Crippen molar-refractivity contribution < 1.29 is 4.79 Å². The van der Waals surface area contributed by atoms with Gasteiger partial charge in [0.05, 0.1) is 24.5 Å². The quantitative estimate of drug-likeness (QED) is 0.254. The van der Waals surface area contributed by atoms with Gasteiger partial charge in [0.2, 0.25) is 0 Å². The highest BCUT2D eigenvalue weighted by Gasteiger charge is 2.19. The summed E-state index contributed by atoms with van der Waals surface area (Å²) in [5, 5.41) is 1.50. The van der Waals surface area contributed by atoms with Gasteiger partial charge in [-0.3, -0.25) is 0 Å². The number of fused-ring (bicyclic) bond motifs is 2. The predicted molar refractivity (Wildman–Crippen MR) is 161 cm³/mol. The minimum Gasteiger partial charge on any atom is -0.325 e. The van der Waals surface area contributed by atoms with Gasteiger partial charge in [0, 0.05) is 21.4 Å². The zero-order valence-electron chi connectivity index (χ0n) is 21.3. The number of hydrogen-bond acceptors (Lipinski definition) is 5. The third-order valence-electron chi connectivity index (χ3n) is 6.23. The van der Waals surface area contributed by atoms with Crippen LogP contribution in [0.5, 0.6) is 0 Å². The molecule has 0 spiro atoms. The summed E-state index contributed by atoms with van der Waals surface area (Å²) >= 11 is 12.1. The van der Waals surface area contributed by atoms with Crippen LogP contribution in [0.3, 0.4) is 0 Å². The van der Waals surface area contributed by atoms with Crippen LogP contribution in [0, 0.1) is 0 Å². The second-order valence-electron chi connectivity index (χ2n) is 8.71. The van der Waals surface area contributed by atoms with Crippen molar-refractivity contribution in [1.82, 2.24) is 0 Å². The second kappa shape index (κ2) is 12.5. The van der Waals surface area contributed by atoms with Gasteiger partial charge in [0.1, 0.15) is 18.5 Å². The first kappa shape index (κ1) is 27.1. The fraction of sp³-hybridized carbons (Fsp3) is 0.129. The van der Waals surface area contributed by atoms with Crippen molar-refractivity contribution in [3.8, 4) is 0 Å². The SMILES string of the molecule is C=O.CC1=Nc2ccccc2CN1c1cccc(Cl)c1.CC1=Nc2ccccc2CN1c1cccc(Cl)c1. The van der Waals surface area contributed by atoms with Crippen molar-refractivity contribution in [2.45, 2.75) is 26.9 Å². The van der Waals surface area contributed by atoms with E-state index < -0.39 is 0 Å². The lowest BCUT2D eigenvalue weighted by molar-refractivity contribution is -0.0979. The number of amidine groups is 2. The van der Waals surface area contributed by atoms with Gasteiger partial charge in [-0.25, -0.2) is 9.98 Å². The van der Waals surface area contributed by atoms with Crippen molar-refractivity contribution >= 4 is 64.4 Å². The highest BCUT2D eigenvalue weighted by atomic mass is 35.5. The Morgan fingerprint density at radius 3 is 1.39 bits per heavy atom. The number of para-hydroxylation sites is 2. The van der Waals surface area contributed by atoms with Gasteiger partial charge >= 0.3 is 0 Å². The number of carbonyl (C=O) groups excluding carboxylic acids is 1. The van der Waals surface area contributed by atoms with Crippen LogP contribution in [-0.2, 0) is 17.9 Å². The second-order valence-corrected chi connectivity index (χ2v) is 9.58. The number of hydrogen-bond donors (Lipinski definition) is 0. The Kier molecular flexibility index (Phi) is 8.95. The third-order valence-corrected chi connectivity index (χ3v) is 6.70. The highest BCUT2D eigenvalue weighted by molar-refractivity contribution is 6.31. The van der Waals surface area contributed by atoms with Crippen LogP contribution in [-0.4, -0.2) is 18.5 Å². The molecule has 0 amide bonds. The molecule has 0 atom stereocenters. The molecular formula is C31H28Cl2N4O. The molecule has 0 radical (unpaired) electrons. The molecule has 2 heterocycles. The fourth-order valence-electron chi connectivity index (χ4n) is 4.39. The number of rotatable bonds is 2. The summed E-state index contributed by atoms with van der Waals surface area (Å²) in [7, 11) is 0. The van der Waals surface area contributed by atoms with E-state index in [1.54, 1.807) is 0 Å². The molecule has 0 fully saturated rings. The molecule has 4 aromatic rings. The smallest absolute Gasteiger partial charge is 0.106 e. The molecule has 2 aliphatic rings. The zero-order valence-corrected chi connectivity index (χ0v) is 22.8. The number of carbonyl (C=O) groups is 1. The standard InChI is InChI=1S/2C15H13ClN2.CH2O/c2*1-11-17-15-8-3-2-5-12(15)10-18(11)14-7-4-6-13(16)9-14;1-2/h2*2-9H,10H2,1H3;1H2. The molecule has 38 heavy (non-hydrogen) atoms. The summed E-state index contributed by atoms with van der Waals surface area (Å²) < 4.78 is 0. The largest absolute Gasteiger partial charge is 0.325 e. The number of nitrogens with zero attached hydrogens (tertiary/aromatic N) is 4. The summed E-state index contributed by atoms with van der Waals surface area (Å²) in [6.07, 6.45) is 0. The Morgan fingerprint density at radius 1 is 0.605 bits per heavy atom. The van der Waals surface area contributed by atoms with Gasteiger partial charge in [-0.05, 0) is 73.5 Å². The first-order chi connectivity index (χ1) is 18.5. The van der Waals surface area contributed by atoms with Crippen molar-refractivity contribution in [2.75, 3.05) is 9.80 Å². The summed E-state index contributed by atoms with van der Waals surface area (Å²) in [5.41, 5.74) is 6.77. The molecule has 4 aromatic carbocycles. The summed E-state index contributed by atoms with van der Waals surface area (Å²) in [5.74, 6) is 1.99. The van der Waals surface area contributed by atoms with Crippen molar-refractivity contribution in [3.63, 3.8) is 0 Å². The first-order valence-corrected chi connectivity index (χ1v) is 12.8. The number of benzene rings is 4. The van der Waals surface area contributed by atoms with Crippen LogP contribution >= 0.6 is 23.2 Å². The van der Waals surface area contributed by atoms with E-state index in [4.69, 9.17) is 28.0 Å². The fourth-order valence-corrected chi connectivity index (χ4v) is 4.76. The lowest BCUT2D eigenvalue weighted by Gasteiger charge is -2.29. The number of halogens is 2. The molecule has 2 aliphatic heterocycles. The summed E-state index contributed by atoms with van der Waals surface area (Å²) in [4.78, 5) is 21.6. The van der Waals surface area contributed by atoms with E-state index in [1.807, 2.05) is 93.4 Å². The number of anilines is 2. The lowest BCUT2D eigenvalue weighted by atomic mass is 10.1. The molecular weight excluding hydrogens is 515 g/mol. The van der Waals surface area contributed by atoms with E-state index in [0.29, 0.717) is 0 Å². The molecule has 192 valence electrons. The van der Waals surface area contributed by atoms with E-state index in [-0.39, 0.29) is 0 Å². The summed E-state index contributed by atoms with van der Waals surface area (Å²) in [6, 6.07) is 32.2. The third kappa shape index (κ3) is 6.31. The maximum Gasteiger partial charge on any atom is 0.106 e. The van der Waals surface area contributed by atoms with Crippen LogP contribution in [0.25, 0.3) is 0 Å². The van der Waals surface area contributed by atoms with Crippen LogP contribution < -0.4 is 9.80 Å². The van der Waals surface area contributed by atoms with Gasteiger partial charge < -0.3 is 14.6 Å². The lowest BCUT2D eigenvalue weighted by Crippen LogP contribution is -2.30. The van der Waals surface area contributed by atoms with E-state index in [1.165, 1.54) is 11.1 Å².